The van der Waals surface area contributed by atoms with Crippen LogP contribution in [0.2, 0.25) is 0 Å². The van der Waals surface area contributed by atoms with Crippen LogP contribution in [0, 0.1) is 0 Å². The number of hydrogen-bond acceptors (Lipinski definition) is 4. The fraction of sp³-hybridized carbons (Fsp3) is 0.421. The molecule has 1 aromatic heterocycles. The van der Waals surface area contributed by atoms with E-state index >= 15 is 0 Å². The minimum Gasteiger partial charge on any atom is -0.356 e. The van der Waals surface area contributed by atoms with Gasteiger partial charge in [0.1, 0.15) is 0 Å². The molecule has 26 heavy (non-hydrogen) atoms. The van der Waals surface area contributed by atoms with Gasteiger partial charge in [-0.2, -0.15) is 0 Å². The molecule has 5 nitrogen and oxygen atoms in total. The molecule has 1 heterocycles. The molecule has 0 saturated heterocycles. The highest BCUT2D eigenvalue weighted by Crippen LogP contribution is 2.26. The van der Waals surface area contributed by atoms with E-state index in [4.69, 9.17) is 0 Å². The summed E-state index contributed by atoms with van der Waals surface area (Å²) < 4.78 is 22.7. The summed E-state index contributed by atoms with van der Waals surface area (Å²) in [5.41, 5.74) is 1.90. The predicted octanol–water partition coefficient (Wildman–Crippen LogP) is 2.94. The van der Waals surface area contributed by atoms with Crippen LogP contribution in [0.3, 0.4) is 0 Å². The predicted molar refractivity (Wildman–Crippen MR) is 111 cm³/mol. The highest BCUT2D eigenvalue weighted by Gasteiger charge is 2.21. The van der Waals surface area contributed by atoms with Crippen LogP contribution in [0.15, 0.2) is 46.8 Å². The largest absolute Gasteiger partial charge is 0.356 e. The summed E-state index contributed by atoms with van der Waals surface area (Å²) in [5, 5.41) is 8.77. The number of hydrogen-bond donors (Lipinski definition) is 2. The Morgan fingerprint density at radius 2 is 1.77 bits per heavy atom. The molecule has 2 N–H and O–H groups in total. The fourth-order valence-electron chi connectivity index (χ4n) is 2.52. The molecule has 0 atom stereocenters. The zero-order valence-electron chi connectivity index (χ0n) is 15.7. The molecular formula is C19H27N3O2S2. The van der Waals surface area contributed by atoms with Gasteiger partial charge in [0.25, 0.3) is 0 Å². The fourth-order valence-corrected chi connectivity index (χ4v) is 4.17. The van der Waals surface area contributed by atoms with Gasteiger partial charge in [-0.25, -0.2) is 8.42 Å². The van der Waals surface area contributed by atoms with Gasteiger partial charge >= 0.3 is 0 Å². The molecule has 0 spiro atoms. The summed E-state index contributed by atoms with van der Waals surface area (Å²) in [6, 6.07) is 11.8. The summed E-state index contributed by atoms with van der Waals surface area (Å²) in [5.74, 6) is 0.816. The SMILES string of the molecule is CN=C(NCc1ccc(CS(C)(=O)=O)cc1)NCC(C)(C)c1cccs1. The van der Waals surface area contributed by atoms with Crippen molar-refractivity contribution in [3.05, 3.63) is 57.8 Å². The summed E-state index contributed by atoms with van der Waals surface area (Å²) >= 11 is 1.76. The molecule has 1 aromatic carbocycles. The lowest BCUT2D eigenvalue weighted by molar-refractivity contribution is 0.518. The number of nitrogens with zero attached hydrogens (tertiary/aromatic N) is 1. The Morgan fingerprint density at radius 1 is 1.12 bits per heavy atom. The Bertz CT molecular complexity index is 824. The van der Waals surface area contributed by atoms with Crippen LogP contribution >= 0.6 is 11.3 Å². The van der Waals surface area contributed by atoms with Crippen LogP contribution in [0.1, 0.15) is 29.9 Å². The average molecular weight is 394 g/mol. The second-order valence-electron chi connectivity index (χ2n) is 7.03. The molecule has 0 aliphatic carbocycles. The van der Waals surface area contributed by atoms with Crippen molar-refractivity contribution in [2.75, 3.05) is 19.8 Å². The van der Waals surface area contributed by atoms with Crippen molar-refractivity contribution < 1.29 is 8.42 Å². The van der Waals surface area contributed by atoms with Crippen molar-refractivity contribution in [2.24, 2.45) is 4.99 Å². The maximum Gasteiger partial charge on any atom is 0.191 e. The molecule has 0 radical (unpaired) electrons. The number of nitrogens with one attached hydrogen (secondary N) is 2. The van der Waals surface area contributed by atoms with Gasteiger partial charge in [0.15, 0.2) is 15.8 Å². The van der Waals surface area contributed by atoms with Crippen molar-refractivity contribution in [3.63, 3.8) is 0 Å². The number of aliphatic imine (C=N–C) groups is 1. The van der Waals surface area contributed by atoms with Gasteiger partial charge in [-0.05, 0) is 22.6 Å². The van der Waals surface area contributed by atoms with Crippen molar-refractivity contribution in [2.45, 2.75) is 31.6 Å². The molecule has 0 fully saturated rings. The second-order valence-corrected chi connectivity index (χ2v) is 10.1. The molecule has 7 heteroatoms. The van der Waals surface area contributed by atoms with Crippen molar-refractivity contribution in [1.29, 1.82) is 0 Å². The van der Waals surface area contributed by atoms with E-state index in [9.17, 15) is 8.42 Å². The van der Waals surface area contributed by atoms with E-state index in [1.165, 1.54) is 11.1 Å². The van der Waals surface area contributed by atoms with E-state index in [1.807, 2.05) is 24.3 Å². The normalized spacial score (nSPS) is 12.8. The Labute approximate surface area is 160 Å². The van der Waals surface area contributed by atoms with E-state index in [1.54, 1.807) is 18.4 Å². The zero-order valence-corrected chi connectivity index (χ0v) is 17.4. The summed E-state index contributed by atoms with van der Waals surface area (Å²) in [6.45, 7) is 5.82. The first-order chi connectivity index (χ1) is 12.2. The first kappa shape index (κ1) is 20.5. The Morgan fingerprint density at radius 3 is 2.31 bits per heavy atom. The van der Waals surface area contributed by atoms with E-state index in [0.717, 1.165) is 23.6 Å². The van der Waals surface area contributed by atoms with Crippen LogP contribution in [-0.2, 0) is 27.5 Å². The van der Waals surface area contributed by atoms with Gasteiger partial charge in [-0.1, -0.05) is 44.2 Å². The quantitative estimate of drug-likeness (QED) is 0.560. The van der Waals surface area contributed by atoms with Gasteiger partial charge in [0, 0.05) is 36.7 Å². The van der Waals surface area contributed by atoms with Gasteiger partial charge in [-0.15, -0.1) is 11.3 Å². The van der Waals surface area contributed by atoms with E-state index in [0.29, 0.717) is 6.54 Å². The third-order valence-corrected chi connectivity index (χ3v) is 6.11. The van der Waals surface area contributed by atoms with Gasteiger partial charge in [-0.3, -0.25) is 4.99 Å². The molecular weight excluding hydrogens is 366 g/mol. The number of guanidine groups is 1. The lowest BCUT2D eigenvalue weighted by Crippen LogP contribution is -2.42. The molecule has 0 unspecified atom stereocenters. The Balaban J connectivity index is 1.87. The van der Waals surface area contributed by atoms with Gasteiger partial charge in [0.05, 0.1) is 5.75 Å². The van der Waals surface area contributed by atoms with Crippen molar-refractivity contribution in [3.8, 4) is 0 Å². The Hall–Kier alpha value is -1.86. The van der Waals surface area contributed by atoms with Gasteiger partial charge < -0.3 is 10.6 Å². The minimum absolute atomic E-state index is 0.0269. The second kappa shape index (κ2) is 8.68. The highest BCUT2D eigenvalue weighted by molar-refractivity contribution is 7.89. The number of sulfone groups is 1. The molecule has 0 aliphatic heterocycles. The molecule has 142 valence electrons. The average Bonchev–Trinajstić information content (AvgIpc) is 3.10. The smallest absolute Gasteiger partial charge is 0.191 e. The molecule has 2 rings (SSSR count). The van der Waals surface area contributed by atoms with Crippen molar-refractivity contribution in [1.82, 2.24) is 10.6 Å². The standard InChI is InChI=1S/C19H27N3O2S2/c1-19(2,17-6-5-11-25-17)14-22-18(20-3)21-12-15-7-9-16(10-8-15)13-26(4,23)24/h5-11H,12-14H2,1-4H3,(H2,20,21,22). The van der Waals surface area contributed by atoms with Gasteiger partial charge in [0.2, 0.25) is 0 Å². The van der Waals surface area contributed by atoms with Crippen LogP contribution in [-0.4, -0.2) is 34.2 Å². The monoisotopic (exact) mass is 393 g/mol. The zero-order chi connectivity index (χ0) is 19.2. The minimum atomic E-state index is -3.00. The van der Waals surface area contributed by atoms with E-state index in [-0.39, 0.29) is 11.2 Å². The highest BCUT2D eigenvalue weighted by atomic mass is 32.2. The van der Waals surface area contributed by atoms with Crippen LogP contribution in [0.4, 0.5) is 0 Å². The van der Waals surface area contributed by atoms with Crippen molar-refractivity contribution >= 4 is 27.1 Å². The molecule has 0 bridgehead atoms. The lowest BCUT2D eigenvalue weighted by atomic mass is 9.91. The lowest BCUT2D eigenvalue weighted by Gasteiger charge is -2.25. The van der Waals surface area contributed by atoms with Crippen LogP contribution in [0.5, 0.6) is 0 Å². The Kier molecular flexibility index (Phi) is 6.83. The number of rotatable bonds is 7. The summed E-state index contributed by atoms with van der Waals surface area (Å²) in [6.07, 6.45) is 1.25. The maximum absolute atomic E-state index is 11.3. The van der Waals surface area contributed by atoms with Crippen LogP contribution in [0.25, 0.3) is 0 Å². The number of thiophene rings is 1. The van der Waals surface area contributed by atoms with Crippen LogP contribution < -0.4 is 10.6 Å². The third-order valence-electron chi connectivity index (χ3n) is 4.02. The van der Waals surface area contributed by atoms with E-state index < -0.39 is 9.84 Å². The molecule has 0 amide bonds. The first-order valence-corrected chi connectivity index (χ1v) is 11.4. The maximum atomic E-state index is 11.3. The van der Waals surface area contributed by atoms with E-state index in [2.05, 4.69) is 47.0 Å². The number of benzene rings is 1. The topological polar surface area (TPSA) is 70.6 Å². The molecule has 0 saturated carbocycles. The molecule has 0 aliphatic rings. The first-order valence-electron chi connectivity index (χ1n) is 8.44. The molecule has 2 aromatic rings. The summed E-state index contributed by atoms with van der Waals surface area (Å²) in [7, 11) is -1.25. The third kappa shape index (κ3) is 6.46. The summed E-state index contributed by atoms with van der Waals surface area (Å²) in [4.78, 5) is 5.61.